The summed E-state index contributed by atoms with van der Waals surface area (Å²) in [5.41, 5.74) is 0.744. The monoisotopic (exact) mass is 280 g/mol. The number of nitrogens with one attached hydrogen (secondary N) is 1. The minimum Gasteiger partial charge on any atom is -0.380 e. The number of benzene rings is 1. The minimum absolute atomic E-state index is 0.0945. The van der Waals surface area contributed by atoms with Gasteiger partial charge in [-0.1, -0.05) is 6.92 Å². The molecule has 0 bridgehead atoms. The largest absolute Gasteiger partial charge is 0.380 e. The highest BCUT2D eigenvalue weighted by molar-refractivity contribution is 5.94. The van der Waals surface area contributed by atoms with Gasteiger partial charge in [-0.2, -0.15) is 0 Å². The average Bonchev–Trinajstić information content (AvgIpc) is 2.38. The van der Waals surface area contributed by atoms with Crippen LogP contribution in [0.3, 0.4) is 0 Å². The molecule has 1 N–H and O–H groups in total. The summed E-state index contributed by atoms with van der Waals surface area (Å²) in [7, 11) is 1.93. The second-order valence-electron chi connectivity index (χ2n) is 5.89. The summed E-state index contributed by atoms with van der Waals surface area (Å²) in [6.45, 7) is 6.30. The lowest BCUT2D eigenvalue weighted by Crippen LogP contribution is -2.51. The van der Waals surface area contributed by atoms with Gasteiger partial charge in [-0.15, -0.1) is 0 Å². The van der Waals surface area contributed by atoms with Gasteiger partial charge in [0.05, 0.1) is 19.3 Å². The zero-order valence-electron chi connectivity index (χ0n) is 12.1. The van der Waals surface area contributed by atoms with Crippen LogP contribution in [-0.2, 0) is 9.53 Å². The molecule has 1 fully saturated rings. The molecule has 0 spiro atoms. The van der Waals surface area contributed by atoms with Gasteiger partial charge >= 0.3 is 0 Å². The maximum atomic E-state index is 12.8. The van der Waals surface area contributed by atoms with E-state index in [2.05, 4.69) is 12.2 Å². The minimum atomic E-state index is -0.314. The molecule has 1 aromatic rings. The quantitative estimate of drug-likeness (QED) is 0.898. The predicted octanol–water partition coefficient (Wildman–Crippen LogP) is 2.12. The molecule has 1 saturated heterocycles. The molecule has 0 radical (unpaired) electrons. The van der Waals surface area contributed by atoms with Gasteiger partial charge in [0, 0.05) is 17.6 Å². The summed E-state index contributed by atoms with van der Waals surface area (Å²) in [6.07, 6.45) is 0. The maximum absolute atomic E-state index is 12.8. The fourth-order valence-electron chi connectivity index (χ4n) is 2.26. The Balaban J connectivity index is 1.89. The number of nitrogens with zero attached hydrogens (tertiary/aromatic N) is 1. The predicted molar refractivity (Wildman–Crippen MR) is 76.0 cm³/mol. The number of carbonyl (C=O) groups excluding carboxylic acids is 1. The molecule has 0 saturated carbocycles. The second-order valence-corrected chi connectivity index (χ2v) is 5.89. The molecule has 20 heavy (non-hydrogen) atoms. The van der Waals surface area contributed by atoms with Crippen molar-refractivity contribution in [1.29, 1.82) is 0 Å². The van der Waals surface area contributed by atoms with Crippen molar-refractivity contribution in [3.8, 4) is 0 Å². The normalized spacial score (nSPS) is 18.4. The number of ether oxygens (including phenoxy) is 1. The zero-order valence-corrected chi connectivity index (χ0v) is 12.1. The Hall–Kier alpha value is -1.46. The van der Waals surface area contributed by atoms with Gasteiger partial charge in [-0.3, -0.25) is 9.69 Å². The number of halogens is 1. The first-order valence-corrected chi connectivity index (χ1v) is 6.74. The SMILES string of the molecule is C[C@@H](C(=O)Nc1ccc(F)cc1)N(C)CC1(C)COC1. The summed E-state index contributed by atoms with van der Waals surface area (Å²) >= 11 is 0. The average molecular weight is 280 g/mol. The van der Waals surface area contributed by atoms with Crippen molar-refractivity contribution < 1.29 is 13.9 Å². The number of carbonyl (C=O) groups is 1. The van der Waals surface area contributed by atoms with Crippen LogP contribution in [0.25, 0.3) is 0 Å². The Bertz CT molecular complexity index is 471. The fraction of sp³-hybridized carbons (Fsp3) is 0.533. The molecular formula is C15H21FN2O2. The van der Waals surface area contributed by atoms with Gasteiger partial charge in [0.25, 0.3) is 0 Å². The topological polar surface area (TPSA) is 41.6 Å². The van der Waals surface area contributed by atoms with Crippen LogP contribution in [-0.4, -0.2) is 43.7 Å². The third kappa shape index (κ3) is 3.55. The first kappa shape index (κ1) is 14.9. The van der Waals surface area contributed by atoms with E-state index in [1.807, 2.05) is 18.9 Å². The Labute approximate surface area is 118 Å². The smallest absolute Gasteiger partial charge is 0.241 e. The number of amides is 1. The molecule has 0 unspecified atom stereocenters. The molecular weight excluding hydrogens is 259 g/mol. The van der Waals surface area contributed by atoms with E-state index >= 15 is 0 Å². The van der Waals surface area contributed by atoms with Crippen molar-refractivity contribution >= 4 is 11.6 Å². The molecule has 1 aromatic carbocycles. The van der Waals surface area contributed by atoms with E-state index in [1.165, 1.54) is 12.1 Å². The summed E-state index contributed by atoms with van der Waals surface area (Å²) in [5.74, 6) is -0.408. The number of rotatable bonds is 5. The van der Waals surface area contributed by atoms with E-state index in [0.29, 0.717) is 5.69 Å². The first-order chi connectivity index (χ1) is 9.39. The van der Waals surface area contributed by atoms with E-state index in [1.54, 1.807) is 12.1 Å². The summed E-state index contributed by atoms with van der Waals surface area (Å²) < 4.78 is 18.0. The van der Waals surface area contributed by atoms with Crippen molar-refractivity contribution in [3.05, 3.63) is 30.1 Å². The molecule has 4 nitrogen and oxygen atoms in total. The highest BCUT2D eigenvalue weighted by Crippen LogP contribution is 2.27. The van der Waals surface area contributed by atoms with Crippen LogP contribution in [0.2, 0.25) is 0 Å². The summed E-state index contributed by atoms with van der Waals surface area (Å²) in [4.78, 5) is 14.2. The maximum Gasteiger partial charge on any atom is 0.241 e. The van der Waals surface area contributed by atoms with Crippen LogP contribution in [0.4, 0.5) is 10.1 Å². The highest BCUT2D eigenvalue weighted by atomic mass is 19.1. The van der Waals surface area contributed by atoms with Gasteiger partial charge in [0.2, 0.25) is 5.91 Å². The Morgan fingerprint density at radius 3 is 2.55 bits per heavy atom. The number of likely N-dealkylation sites (N-methyl/N-ethyl adjacent to an activating group) is 1. The molecule has 1 aliphatic rings. The molecule has 2 rings (SSSR count). The van der Waals surface area contributed by atoms with Crippen LogP contribution >= 0.6 is 0 Å². The molecule has 1 aliphatic heterocycles. The van der Waals surface area contributed by atoms with Gasteiger partial charge in [-0.05, 0) is 38.2 Å². The van der Waals surface area contributed by atoms with Crippen molar-refractivity contribution in [2.75, 3.05) is 32.1 Å². The van der Waals surface area contributed by atoms with Crippen LogP contribution < -0.4 is 5.32 Å². The Morgan fingerprint density at radius 2 is 2.05 bits per heavy atom. The van der Waals surface area contributed by atoms with Crippen molar-refractivity contribution in [3.63, 3.8) is 0 Å². The molecule has 0 aliphatic carbocycles. The molecule has 1 heterocycles. The molecule has 1 atom stereocenters. The molecule has 0 aromatic heterocycles. The Kier molecular flexibility index (Phi) is 4.40. The van der Waals surface area contributed by atoms with E-state index in [4.69, 9.17) is 4.74 Å². The lowest BCUT2D eigenvalue weighted by Gasteiger charge is -2.42. The van der Waals surface area contributed by atoms with E-state index < -0.39 is 0 Å². The standard InChI is InChI=1S/C15H21FN2O2/c1-11(18(3)8-15(2)9-20-10-15)14(19)17-13-6-4-12(16)5-7-13/h4-7,11H,8-10H2,1-3H3,(H,17,19)/t11-/m0/s1. The van der Waals surface area contributed by atoms with Crippen LogP contribution in [0.15, 0.2) is 24.3 Å². The fourth-order valence-corrected chi connectivity index (χ4v) is 2.26. The lowest BCUT2D eigenvalue weighted by molar-refractivity contribution is -0.129. The van der Waals surface area contributed by atoms with Crippen molar-refractivity contribution in [2.24, 2.45) is 5.41 Å². The van der Waals surface area contributed by atoms with Gasteiger partial charge in [-0.25, -0.2) is 4.39 Å². The van der Waals surface area contributed by atoms with E-state index in [9.17, 15) is 9.18 Å². The van der Waals surface area contributed by atoms with Crippen molar-refractivity contribution in [1.82, 2.24) is 4.90 Å². The third-order valence-electron chi connectivity index (χ3n) is 3.68. The van der Waals surface area contributed by atoms with E-state index in [-0.39, 0.29) is 23.2 Å². The van der Waals surface area contributed by atoms with Gasteiger partial charge < -0.3 is 10.1 Å². The van der Waals surface area contributed by atoms with Gasteiger partial charge in [0.15, 0.2) is 0 Å². The van der Waals surface area contributed by atoms with Gasteiger partial charge in [0.1, 0.15) is 5.82 Å². The lowest BCUT2D eigenvalue weighted by atomic mass is 9.88. The molecule has 5 heteroatoms. The summed E-state index contributed by atoms with van der Waals surface area (Å²) in [5, 5.41) is 2.79. The zero-order chi connectivity index (χ0) is 14.8. The van der Waals surface area contributed by atoms with Crippen LogP contribution in [0.5, 0.6) is 0 Å². The van der Waals surface area contributed by atoms with Crippen LogP contribution in [0.1, 0.15) is 13.8 Å². The molecule has 1 amide bonds. The molecule has 110 valence electrons. The second kappa shape index (κ2) is 5.89. The van der Waals surface area contributed by atoms with Crippen molar-refractivity contribution in [2.45, 2.75) is 19.9 Å². The number of hydrogen-bond donors (Lipinski definition) is 1. The third-order valence-corrected chi connectivity index (χ3v) is 3.68. The number of anilines is 1. The highest BCUT2D eigenvalue weighted by Gasteiger charge is 2.36. The number of hydrogen-bond acceptors (Lipinski definition) is 3. The first-order valence-electron chi connectivity index (χ1n) is 6.74. The van der Waals surface area contributed by atoms with E-state index in [0.717, 1.165) is 19.8 Å². The summed E-state index contributed by atoms with van der Waals surface area (Å²) in [6, 6.07) is 5.52. The Morgan fingerprint density at radius 1 is 1.45 bits per heavy atom. The van der Waals surface area contributed by atoms with Crippen LogP contribution in [0, 0.1) is 11.2 Å².